The molecule has 0 aromatic heterocycles. The van der Waals surface area contributed by atoms with Gasteiger partial charge >= 0.3 is 0 Å². The van der Waals surface area contributed by atoms with Crippen LogP contribution < -0.4 is 5.73 Å². The normalized spacial score (nSPS) is 13.5. The summed E-state index contributed by atoms with van der Waals surface area (Å²) in [6.07, 6.45) is 1.78. The van der Waals surface area contributed by atoms with Gasteiger partial charge in [-0.3, -0.25) is 10.1 Å². The van der Waals surface area contributed by atoms with E-state index in [1.807, 2.05) is 6.92 Å². The maximum Gasteiger partial charge on any atom is 0.283 e. The maximum absolute atomic E-state index is 10.8. The van der Waals surface area contributed by atoms with Gasteiger partial charge in [-0.25, -0.2) is 0 Å². The Morgan fingerprint density at radius 2 is 2.16 bits per heavy atom. The second-order valence-corrected chi connectivity index (χ2v) is 5.06. The lowest BCUT2D eigenvalue weighted by molar-refractivity contribution is -0.385. The number of nitrogens with two attached hydrogens (primary N) is 1. The summed E-state index contributed by atoms with van der Waals surface area (Å²) in [6, 6.07) is 4.09. The van der Waals surface area contributed by atoms with Crippen LogP contribution in [0.3, 0.4) is 0 Å². The number of rotatable bonds is 6. The number of nitro groups is 1. The van der Waals surface area contributed by atoms with Gasteiger partial charge in [0.25, 0.3) is 5.69 Å². The molecule has 5 nitrogen and oxygen atoms in total. The zero-order chi connectivity index (χ0) is 13.7. The molecule has 0 spiro atoms. The molecule has 1 aromatic carbocycles. The molecular weight excluding hydrogens is 336 g/mol. The van der Waals surface area contributed by atoms with E-state index in [0.717, 1.165) is 12.8 Å². The first-order chi connectivity index (χ1) is 8.47. The van der Waals surface area contributed by atoms with Crippen molar-refractivity contribution in [3.05, 3.63) is 38.3 Å². The Morgan fingerprint density at radius 3 is 2.68 bits per heavy atom. The van der Waals surface area contributed by atoms with Gasteiger partial charge in [-0.05, 0) is 34.0 Å². The van der Waals surface area contributed by atoms with E-state index in [0.29, 0.717) is 16.5 Å². The molecule has 19 heavy (non-hydrogen) atoms. The summed E-state index contributed by atoms with van der Waals surface area (Å²) in [6.45, 7) is 2.03. The number of hydrogen-bond donors (Lipinski definition) is 2. The summed E-state index contributed by atoms with van der Waals surface area (Å²) in [7, 11) is 0. The van der Waals surface area contributed by atoms with Gasteiger partial charge in [-0.15, -0.1) is 12.4 Å². The number of nitro benzene ring substituents is 1. The highest BCUT2D eigenvalue weighted by Gasteiger charge is 2.20. The Bertz CT molecular complexity index is 431. The molecule has 1 rings (SSSR count). The van der Waals surface area contributed by atoms with Crippen LogP contribution in [0.15, 0.2) is 22.7 Å². The molecule has 0 unspecified atom stereocenters. The minimum atomic E-state index is -0.675. The molecule has 0 saturated carbocycles. The van der Waals surface area contributed by atoms with Crippen LogP contribution in [0.25, 0.3) is 0 Å². The van der Waals surface area contributed by atoms with Crippen LogP contribution in [0.1, 0.15) is 37.8 Å². The maximum atomic E-state index is 10.8. The molecule has 1 aromatic rings. The third-order valence-corrected chi connectivity index (χ3v) is 3.49. The van der Waals surface area contributed by atoms with Gasteiger partial charge in [0.05, 0.1) is 21.5 Å². The monoisotopic (exact) mass is 352 g/mol. The zero-order valence-electron chi connectivity index (χ0n) is 10.6. The predicted octanol–water partition coefficient (Wildman–Crippen LogP) is 3.33. The minimum absolute atomic E-state index is 0. The Balaban J connectivity index is 0.00000324. The summed E-state index contributed by atoms with van der Waals surface area (Å²) in [5.41, 5.74) is 6.45. The number of aliphatic hydroxyl groups excluding tert-OH is 1. The molecule has 0 heterocycles. The Hall–Kier alpha value is -0.690. The smallest absolute Gasteiger partial charge is 0.283 e. The largest absolute Gasteiger partial charge is 0.391 e. The van der Waals surface area contributed by atoms with E-state index in [-0.39, 0.29) is 18.1 Å². The van der Waals surface area contributed by atoms with Crippen LogP contribution in [0, 0.1) is 10.1 Å². The molecule has 108 valence electrons. The fourth-order valence-electron chi connectivity index (χ4n) is 1.69. The lowest BCUT2D eigenvalue weighted by Crippen LogP contribution is -2.26. The van der Waals surface area contributed by atoms with E-state index >= 15 is 0 Å². The van der Waals surface area contributed by atoms with Gasteiger partial charge < -0.3 is 10.8 Å². The molecular formula is C12H18BrClN2O3. The third-order valence-electron chi connectivity index (χ3n) is 2.82. The molecule has 0 saturated heterocycles. The molecule has 0 fully saturated rings. The fraction of sp³-hybridized carbons (Fsp3) is 0.500. The van der Waals surface area contributed by atoms with Crippen LogP contribution >= 0.6 is 28.3 Å². The van der Waals surface area contributed by atoms with Crippen molar-refractivity contribution in [2.24, 2.45) is 5.73 Å². The van der Waals surface area contributed by atoms with Crippen molar-refractivity contribution in [1.82, 2.24) is 0 Å². The number of hydrogen-bond acceptors (Lipinski definition) is 4. The fourth-order valence-corrected chi connectivity index (χ4v) is 2.08. The molecule has 7 heteroatoms. The average molecular weight is 354 g/mol. The van der Waals surface area contributed by atoms with Crippen LogP contribution in [0.2, 0.25) is 0 Å². The van der Waals surface area contributed by atoms with E-state index < -0.39 is 17.1 Å². The minimum Gasteiger partial charge on any atom is -0.391 e. The molecule has 0 aliphatic heterocycles. The standard InChI is InChI=1S/C12H17BrN2O3.ClH/c1-2-3-4-11(16)12(14)8-5-6-9(13)10(7-8)15(17)18;/h5-7,11-12,16H,2-4,14H2,1H3;1H/t11-,12+;/m1./s1. The molecule has 3 N–H and O–H groups in total. The predicted molar refractivity (Wildman–Crippen MR) is 80.5 cm³/mol. The quantitative estimate of drug-likeness (QED) is 0.606. The lowest BCUT2D eigenvalue weighted by Gasteiger charge is -2.19. The Morgan fingerprint density at radius 1 is 1.53 bits per heavy atom. The SMILES string of the molecule is CCCC[C@@H](O)[C@@H](N)c1ccc(Br)c([N+](=O)[O-])c1.Cl. The van der Waals surface area contributed by atoms with Gasteiger partial charge in [0.2, 0.25) is 0 Å². The van der Waals surface area contributed by atoms with E-state index in [1.165, 1.54) is 6.07 Å². The second kappa shape index (κ2) is 8.47. The van der Waals surface area contributed by atoms with E-state index in [2.05, 4.69) is 15.9 Å². The van der Waals surface area contributed by atoms with Crippen LogP contribution in [0.4, 0.5) is 5.69 Å². The first kappa shape index (κ1) is 18.3. The second-order valence-electron chi connectivity index (χ2n) is 4.20. The molecule has 0 bridgehead atoms. The summed E-state index contributed by atoms with van der Waals surface area (Å²) >= 11 is 3.11. The van der Waals surface area contributed by atoms with Gasteiger partial charge in [0.15, 0.2) is 0 Å². The zero-order valence-corrected chi connectivity index (χ0v) is 13.0. The van der Waals surface area contributed by atoms with Crippen LogP contribution in [-0.4, -0.2) is 16.1 Å². The molecule has 0 radical (unpaired) electrons. The first-order valence-corrected chi connectivity index (χ1v) is 6.64. The van der Waals surface area contributed by atoms with E-state index in [4.69, 9.17) is 5.73 Å². The van der Waals surface area contributed by atoms with Gasteiger partial charge in [0, 0.05) is 6.07 Å². The van der Waals surface area contributed by atoms with Gasteiger partial charge in [-0.1, -0.05) is 25.8 Å². The Labute approximate surface area is 126 Å². The van der Waals surface area contributed by atoms with Crippen molar-refractivity contribution < 1.29 is 10.0 Å². The van der Waals surface area contributed by atoms with Crippen LogP contribution in [0.5, 0.6) is 0 Å². The summed E-state index contributed by atoms with van der Waals surface area (Å²) < 4.78 is 0.409. The Kier molecular flexibility index (Phi) is 8.17. The highest BCUT2D eigenvalue weighted by molar-refractivity contribution is 9.10. The number of nitrogens with zero attached hydrogens (tertiary/aromatic N) is 1. The lowest BCUT2D eigenvalue weighted by atomic mass is 9.98. The third kappa shape index (κ3) is 5.06. The van der Waals surface area contributed by atoms with Crippen molar-refractivity contribution in [2.45, 2.75) is 38.3 Å². The summed E-state index contributed by atoms with van der Waals surface area (Å²) in [4.78, 5) is 10.3. The number of aliphatic hydroxyl groups is 1. The molecule has 2 atom stereocenters. The van der Waals surface area contributed by atoms with Crippen molar-refractivity contribution >= 4 is 34.0 Å². The highest BCUT2D eigenvalue weighted by atomic mass is 79.9. The molecule has 0 aliphatic rings. The van der Waals surface area contributed by atoms with Crippen molar-refractivity contribution in [3.8, 4) is 0 Å². The molecule has 0 aliphatic carbocycles. The molecule has 0 amide bonds. The number of benzene rings is 1. The average Bonchev–Trinajstić information content (AvgIpc) is 2.35. The summed E-state index contributed by atoms with van der Waals surface area (Å²) in [5, 5.41) is 20.7. The van der Waals surface area contributed by atoms with Crippen molar-refractivity contribution in [3.63, 3.8) is 0 Å². The van der Waals surface area contributed by atoms with Gasteiger partial charge in [0.1, 0.15) is 0 Å². The topological polar surface area (TPSA) is 89.4 Å². The number of halogens is 2. The van der Waals surface area contributed by atoms with Crippen molar-refractivity contribution in [2.75, 3.05) is 0 Å². The van der Waals surface area contributed by atoms with E-state index in [9.17, 15) is 15.2 Å². The van der Waals surface area contributed by atoms with Crippen molar-refractivity contribution in [1.29, 1.82) is 0 Å². The summed E-state index contributed by atoms with van der Waals surface area (Å²) in [5.74, 6) is 0. The van der Waals surface area contributed by atoms with Crippen LogP contribution in [-0.2, 0) is 0 Å². The number of unbranched alkanes of at least 4 members (excludes halogenated alkanes) is 1. The van der Waals surface area contributed by atoms with E-state index in [1.54, 1.807) is 12.1 Å². The first-order valence-electron chi connectivity index (χ1n) is 5.84. The highest BCUT2D eigenvalue weighted by Crippen LogP contribution is 2.29. The van der Waals surface area contributed by atoms with Gasteiger partial charge in [-0.2, -0.15) is 0 Å².